The topological polar surface area (TPSA) is 55.2 Å². The van der Waals surface area contributed by atoms with Crippen molar-refractivity contribution in [3.8, 4) is 0 Å². The van der Waals surface area contributed by atoms with Gasteiger partial charge in [0.25, 0.3) is 5.91 Å². The molecule has 0 saturated carbocycles. The Hall–Kier alpha value is -3.21. The Morgan fingerprint density at radius 3 is 2.36 bits per heavy atom. The van der Waals surface area contributed by atoms with Gasteiger partial charge in [-0.1, -0.05) is 60.2 Å². The molecule has 28 heavy (non-hydrogen) atoms. The maximum absolute atomic E-state index is 13.0. The number of amides is 1. The smallest absolute Gasteiger partial charge is 0.291 e. The lowest BCUT2D eigenvalue weighted by Gasteiger charge is -2.28. The second-order valence-corrected chi connectivity index (χ2v) is 7.26. The molecule has 2 aromatic carbocycles. The Bertz CT molecular complexity index is 949. The fourth-order valence-electron chi connectivity index (χ4n) is 3.94. The average Bonchev–Trinajstić information content (AvgIpc) is 3.32. The zero-order valence-corrected chi connectivity index (χ0v) is 15.9. The van der Waals surface area contributed by atoms with E-state index in [-0.39, 0.29) is 17.7 Å². The highest BCUT2D eigenvalue weighted by Crippen LogP contribution is 2.42. The molecule has 1 aliphatic heterocycles. The highest BCUT2D eigenvalue weighted by atomic mass is 16.2. The van der Waals surface area contributed by atoms with Crippen molar-refractivity contribution in [1.29, 1.82) is 0 Å². The number of aryl methyl sites for hydroxylation is 2. The quantitative estimate of drug-likeness (QED) is 0.621. The van der Waals surface area contributed by atoms with Gasteiger partial charge in [0.2, 0.25) is 5.78 Å². The summed E-state index contributed by atoms with van der Waals surface area (Å²) in [4.78, 5) is 31.6. The molecule has 0 aliphatic carbocycles. The molecule has 1 fully saturated rings. The van der Waals surface area contributed by atoms with E-state index in [9.17, 15) is 9.59 Å². The number of likely N-dealkylation sites (tertiary alicyclic amines) is 1. The lowest BCUT2D eigenvalue weighted by molar-refractivity contribution is -0.140. The summed E-state index contributed by atoms with van der Waals surface area (Å²) >= 11 is 0. The molecule has 1 aliphatic rings. The minimum Gasteiger partial charge on any atom is -0.337 e. The lowest BCUT2D eigenvalue weighted by Crippen LogP contribution is -2.31. The molecule has 0 spiro atoms. The molecular weight excluding hydrogens is 350 g/mol. The van der Waals surface area contributed by atoms with Crippen molar-refractivity contribution < 1.29 is 9.59 Å². The molecule has 2 heterocycles. The number of benzene rings is 2. The summed E-state index contributed by atoms with van der Waals surface area (Å²) in [5.74, 6) is -1.17. The van der Waals surface area contributed by atoms with Crippen LogP contribution in [0, 0.1) is 6.92 Å². The molecule has 1 amide bonds. The number of carbonyl (C=O) groups is 2. The normalized spacial score (nSPS) is 19.4. The second kappa shape index (κ2) is 7.80. The van der Waals surface area contributed by atoms with Crippen molar-refractivity contribution in [1.82, 2.24) is 14.5 Å². The van der Waals surface area contributed by atoms with Crippen molar-refractivity contribution in [2.45, 2.75) is 31.8 Å². The first kappa shape index (κ1) is 18.2. The van der Waals surface area contributed by atoms with E-state index in [2.05, 4.69) is 4.98 Å². The van der Waals surface area contributed by atoms with E-state index in [1.54, 1.807) is 17.4 Å². The first-order valence-corrected chi connectivity index (χ1v) is 9.57. The van der Waals surface area contributed by atoms with Crippen molar-refractivity contribution >= 4 is 11.7 Å². The minimum atomic E-state index is -0.468. The molecular formula is C23H23N3O2. The van der Waals surface area contributed by atoms with E-state index in [1.165, 1.54) is 0 Å². The van der Waals surface area contributed by atoms with Crippen molar-refractivity contribution in [2.24, 2.45) is 0 Å². The van der Waals surface area contributed by atoms with Crippen LogP contribution in [-0.2, 0) is 16.1 Å². The molecule has 1 aromatic heterocycles. The monoisotopic (exact) mass is 373 g/mol. The SMILES string of the molecule is Cc1ccc(C2C(c3ccccc3)C(=O)C(=O)N2CCCn2ccnc2)cc1. The summed E-state index contributed by atoms with van der Waals surface area (Å²) in [5.41, 5.74) is 3.05. The Kier molecular flexibility index (Phi) is 5.06. The molecule has 1 saturated heterocycles. The van der Waals surface area contributed by atoms with Gasteiger partial charge in [0.05, 0.1) is 18.3 Å². The molecule has 142 valence electrons. The summed E-state index contributed by atoms with van der Waals surface area (Å²) in [6.45, 7) is 3.32. The molecule has 2 atom stereocenters. The number of ketones is 1. The van der Waals surface area contributed by atoms with Crippen LogP contribution in [0.3, 0.4) is 0 Å². The highest BCUT2D eigenvalue weighted by Gasteiger charge is 2.48. The first-order valence-electron chi connectivity index (χ1n) is 9.57. The fourth-order valence-corrected chi connectivity index (χ4v) is 3.94. The zero-order valence-electron chi connectivity index (χ0n) is 15.9. The number of aromatic nitrogens is 2. The Morgan fingerprint density at radius 2 is 1.68 bits per heavy atom. The molecule has 0 bridgehead atoms. The van der Waals surface area contributed by atoms with Gasteiger partial charge >= 0.3 is 0 Å². The van der Waals surface area contributed by atoms with Crippen molar-refractivity contribution in [3.63, 3.8) is 0 Å². The third-order valence-electron chi connectivity index (χ3n) is 5.36. The van der Waals surface area contributed by atoms with Crippen LogP contribution in [0.4, 0.5) is 0 Å². The van der Waals surface area contributed by atoms with Crippen LogP contribution in [0.2, 0.25) is 0 Å². The number of Topliss-reactive ketones (excluding diaryl/α,β-unsaturated/α-hetero) is 1. The van der Waals surface area contributed by atoms with Gasteiger partial charge in [-0.3, -0.25) is 9.59 Å². The largest absolute Gasteiger partial charge is 0.337 e. The maximum atomic E-state index is 13.0. The number of nitrogens with zero attached hydrogens (tertiary/aromatic N) is 3. The Morgan fingerprint density at radius 1 is 0.929 bits per heavy atom. The molecule has 5 nitrogen and oxygen atoms in total. The van der Waals surface area contributed by atoms with Gasteiger partial charge in [0.15, 0.2) is 0 Å². The molecule has 0 radical (unpaired) electrons. The van der Waals surface area contributed by atoms with Crippen LogP contribution in [0.5, 0.6) is 0 Å². The molecule has 5 heteroatoms. The maximum Gasteiger partial charge on any atom is 0.291 e. The summed E-state index contributed by atoms with van der Waals surface area (Å²) in [5, 5.41) is 0. The van der Waals surface area contributed by atoms with Crippen LogP contribution >= 0.6 is 0 Å². The molecule has 0 N–H and O–H groups in total. The third kappa shape index (κ3) is 3.48. The zero-order chi connectivity index (χ0) is 19.5. The lowest BCUT2D eigenvalue weighted by atomic mass is 9.86. The number of rotatable bonds is 6. The van der Waals surface area contributed by atoms with E-state index in [4.69, 9.17) is 0 Å². The minimum absolute atomic E-state index is 0.272. The number of hydrogen-bond donors (Lipinski definition) is 0. The van der Waals surface area contributed by atoms with Gasteiger partial charge < -0.3 is 9.47 Å². The standard InChI is InChI=1S/C23H23N3O2/c1-17-8-10-19(11-9-17)21-20(18-6-3-2-4-7-18)22(27)23(28)26(21)14-5-13-25-15-12-24-16-25/h2-4,6-12,15-16,20-21H,5,13-14H2,1H3. The predicted molar refractivity (Wildman–Crippen MR) is 107 cm³/mol. The second-order valence-electron chi connectivity index (χ2n) is 7.26. The average molecular weight is 373 g/mol. The van der Waals surface area contributed by atoms with Crippen LogP contribution in [0.1, 0.15) is 35.1 Å². The highest BCUT2D eigenvalue weighted by molar-refractivity contribution is 6.40. The van der Waals surface area contributed by atoms with Gasteiger partial charge in [-0.15, -0.1) is 0 Å². The molecule has 2 unspecified atom stereocenters. The van der Waals surface area contributed by atoms with Crippen molar-refractivity contribution in [3.05, 3.63) is 90.0 Å². The number of hydrogen-bond acceptors (Lipinski definition) is 3. The van der Waals surface area contributed by atoms with Gasteiger partial charge in [0, 0.05) is 25.5 Å². The van der Waals surface area contributed by atoms with E-state index < -0.39 is 5.92 Å². The summed E-state index contributed by atoms with van der Waals surface area (Å²) in [7, 11) is 0. The molecule has 3 aromatic rings. The van der Waals surface area contributed by atoms with E-state index in [1.807, 2.05) is 72.3 Å². The van der Waals surface area contributed by atoms with Crippen LogP contribution < -0.4 is 0 Å². The van der Waals surface area contributed by atoms with Gasteiger partial charge in [0.1, 0.15) is 0 Å². The van der Waals surface area contributed by atoms with Crippen LogP contribution in [0.25, 0.3) is 0 Å². The van der Waals surface area contributed by atoms with Gasteiger partial charge in [-0.2, -0.15) is 0 Å². The predicted octanol–water partition coefficient (Wildman–Crippen LogP) is 3.52. The van der Waals surface area contributed by atoms with E-state index >= 15 is 0 Å². The van der Waals surface area contributed by atoms with E-state index in [0.29, 0.717) is 6.54 Å². The fraction of sp³-hybridized carbons (Fsp3) is 0.261. The van der Waals surface area contributed by atoms with Crippen molar-refractivity contribution in [2.75, 3.05) is 6.54 Å². The summed E-state index contributed by atoms with van der Waals surface area (Å²) in [6.07, 6.45) is 6.17. The Balaban J connectivity index is 1.65. The van der Waals surface area contributed by atoms with E-state index in [0.717, 1.165) is 29.7 Å². The molecule has 4 rings (SSSR count). The number of imidazole rings is 1. The summed E-state index contributed by atoms with van der Waals surface area (Å²) < 4.78 is 1.98. The van der Waals surface area contributed by atoms with Gasteiger partial charge in [-0.05, 0) is 24.5 Å². The summed E-state index contributed by atoms with van der Waals surface area (Å²) in [6, 6.07) is 17.5. The number of carbonyl (C=O) groups excluding carboxylic acids is 2. The first-order chi connectivity index (χ1) is 13.6. The Labute approximate surface area is 164 Å². The van der Waals surface area contributed by atoms with Crippen LogP contribution in [-0.4, -0.2) is 32.7 Å². The third-order valence-corrected chi connectivity index (χ3v) is 5.36. The van der Waals surface area contributed by atoms with Gasteiger partial charge in [-0.25, -0.2) is 4.98 Å². The van der Waals surface area contributed by atoms with Crippen LogP contribution in [0.15, 0.2) is 73.3 Å².